The van der Waals surface area contributed by atoms with Crippen LogP contribution in [0.1, 0.15) is 5.56 Å². The monoisotopic (exact) mass is 241 g/mol. The molecule has 2 aromatic carbocycles. The molecule has 1 atom stereocenters. The van der Waals surface area contributed by atoms with Gasteiger partial charge in [0.05, 0.1) is 4.90 Å². The number of fused-ring (bicyclic) bond motifs is 3. The van der Waals surface area contributed by atoms with Gasteiger partial charge in [0, 0.05) is 11.8 Å². The van der Waals surface area contributed by atoms with Crippen LogP contribution in [-0.4, -0.2) is 4.21 Å². The van der Waals surface area contributed by atoms with E-state index in [1.807, 2.05) is 42.5 Å². The summed E-state index contributed by atoms with van der Waals surface area (Å²) >= 11 is 0. The Labute approximate surface area is 102 Å². The maximum atomic E-state index is 12.0. The van der Waals surface area contributed by atoms with Gasteiger partial charge in [0.1, 0.15) is 11.0 Å². The lowest BCUT2D eigenvalue weighted by atomic mass is 10.0. The Morgan fingerprint density at radius 3 is 2.82 bits per heavy atom. The number of hydrogen-bond acceptors (Lipinski definition) is 1. The van der Waals surface area contributed by atoms with E-state index in [9.17, 15) is 4.21 Å². The molecule has 0 spiro atoms. The maximum absolute atomic E-state index is 12.0. The van der Waals surface area contributed by atoms with Crippen molar-refractivity contribution in [1.82, 2.24) is 4.72 Å². The van der Waals surface area contributed by atoms with Gasteiger partial charge in [-0.25, -0.2) is 4.21 Å². The highest BCUT2D eigenvalue weighted by molar-refractivity contribution is 7.83. The molecule has 2 aromatic rings. The number of benzene rings is 2. The minimum atomic E-state index is -1.19. The lowest BCUT2D eigenvalue weighted by Crippen LogP contribution is -2.11. The molecule has 0 radical (unpaired) electrons. The van der Waals surface area contributed by atoms with Crippen LogP contribution in [-0.2, 0) is 11.0 Å². The number of nitrogens with one attached hydrogen (secondary N) is 1. The van der Waals surface area contributed by atoms with Crippen LogP contribution < -0.4 is 4.72 Å². The fourth-order valence-electron chi connectivity index (χ4n) is 1.98. The van der Waals surface area contributed by atoms with Crippen molar-refractivity contribution in [2.24, 2.45) is 0 Å². The van der Waals surface area contributed by atoms with Gasteiger partial charge in [-0.05, 0) is 22.9 Å². The normalized spacial score (nSPS) is 18.2. The number of hydrogen-bond donors (Lipinski definition) is 1. The molecule has 0 amide bonds. The standard InChI is InChI=1S/C14H11NOS/c16-17-14-9-8-11-5-1-2-6-12(11)13(14)7-3-4-10-15-17/h1-10,15H. The van der Waals surface area contributed by atoms with E-state index in [4.69, 9.17) is 0 Å². The Bertz CT molecular complexity index is 658. The highest BCUT2D eigenvalue weighted by Crippen LogP contribution is 2.26. The van der Waals surface area contributed by atoms with Gasteiger partial charge in [-0.2, -0.15) is 0 Å². The second kappa shape index (κ2) is 4.18. The smallest absolute Gasteiger partial charge is 0.150 e. The van der Waals surface area contributed by atoms with Crippen molar-refractivity contribution in [3.05, 3.63) is 60.3 Å². The topological polar surface area (TPSA) is 29.1 Å². The fraction of sp³-hybridized carbons (Fsp3) is 0. The molecule has 1 aliphatic heterocycles. The zero-order valence-corrected chi connectivity index (χ0v) is 9.91. The van der Waals surface area contributed by atoms with E-state index < -0.39 is 11.0 Å². The first-order valence-electron chi connectivity index (χ1n) is 5.39. The van der Waals surface area contributed by atoms with Crippen LogP contribution >= 0.6 is 0 Å². The molecule has 1 aliphatic rings. The van der Waals surface area contributed by atoms with Gasteiger partial charge < -0.3 is 4.72 Å². The van der Waals surface area contributed by atoms with Crippen molar-refractivity contribution in [2.75, 3.05) is 0 Å². The van der Waals surface area contributed by atoms with Gasteiger partial charge in [0.2, 0.25) is 0 Å². The lowest BCUT2D eigenvalue weighted by Gasteiger charge is -2.10. The summed E-state index contributed by atoms with van der Waals surface area (Å²) in [5.74, 6) is 0. The average molecular weight is 241 g/mol. The SMILES string of the molecule is O=S1NC=CC=Cc2c1ccc1ccccc21. The van der Waals surface area contributed by atoms with E-state index in [1.165, 1.54) is 0 Å². The van der Waals surface area contributed by atoms with Crippen LogP contribution in [0.15, 0.2) is 59.6 Å². The second-order valence-corrected chi connectivity index (χ2v) is 5.02. The molecule has 84 valence electrons. The third-order valence-corrected chi connectivity index (χ3v) is 3.88. The highest BCUT2D eigenvalue weighted by atomic mass is 32.2. The fourth-order valence-corrected chi connectivity index (χ4v) is 2.88. The summed E-state index contributed by atoms with van der Waals surface area (Å²) in [7, 11) is -1.19. The van der Waals surface area contributed by atoms with Crippen molar-refractivity contribution in [3.8, 4) is 0 Å². The van der Waals surface area contributed by atoms with Gasteiger partial charge in [-0.15, -0.1) is 0 Å². The molecule has 1 N–H and O–H groups in total. The zero-order valence-electron chi connectivity index (χ0n) is 9.09. The summed E-state index contributed by atoms with van der Waals surface area (Å²) in [5.41, 5.74) is 1.03. The molecular formula is C14H11NOS. The molecule has 0 aliphatic carbocycles. The van der Waals surface area contributed by atoms with Gasteiger partial charge in [0.25, 0.3) is 0 Å². The Hall–Kier alpha value is -1.87. The molecule has 3 rings (SSSR count). The molecule has 17 heavy (non-hydrogen) atoms. The summed E-state index contributed by atoms with van der Waals surface area (Å²) in [6, 6.07) is 12.1. The number of rotatable bonds is 0. The van der Waals surface area contributed by atoms with Gasteiger partial charge in [0.15, 0.2) is 0 Å². The lowest BCUT2D eigenvalue weighted by molar-refractivity contribution is 0.679. The summed E-state index contributed by atoms with van der Waals surface area (Å²) in [6.45, 7) is 0. The van der Waals surface area contributed by atoms with E-state index in [2.05, 4.69) is 16.9 Å². The second-order valence-electron chi connectivity index (χ2n) is 3.80. The largest absolute Gasteiger partial charge is 0.308 e. The Morgan fingerprint density at radius 2 is 1.88 bits per heavy atom. The Balaban J connectivity index is 2.37. The van der Waals surface area contributed by atoms with E-state index in [0.29, 0.717) is 0 Å². The molecule has 1 unspecified atom stereocenters. The van der Waals surface area contributed by atoms with Crippen LogP contribution in [0.4, 0.5) is 0 Å². The van der Waals surface area contributed by atoms with E-state index >= 15 is 0 Å². The average Bonchev–Trinajstić information content (AvgIpc) is 2.35. The van der Waals surface area contributed by atoms with Crippen LogP contribution in [0.5, 0.6) is 0 Å². The van der Waals surface area contributed by atoms with E-state index in [0.717, 1.165) is 21.2 Å². The molecule has 0 bridgehead atoms. The molecule has 0 fully saturated rings. The van der Waals surface area contributed by atoms with Gasteiger partial charge in [-0.1, -0.05) is 42.5 Å². The first-order valence-corrected chi connectivity index (χ1v) is 6.54. The van der Waals surface area contributed by atoms with Gasteiger partial charge in [-0.3, -0.25) is 0 Å². The molecule has 3 heteroatoms. The third kappa shape index (κ3) is 1.78. The minimum Gasteiger partial charge on any atom is -0.308 e. The predicted molar refractivity (Wildman–Crippen MR) is 71.7 cm³/mol. The molecule has 1 heterocycles. The van der Waals surface area contributed by atoms with E-state index in [1.54, 1.807) is 6.20 Å². The molecule has 0 saturated heterocycles. The van der Waals surface area contributed by atoms with Crippen molar-refractivity contribution >= 4 is 27.8 Å². The molecular weight excluding hydrogens is 230 g/mol. The van der Waals surface area contributed by atoms with Crippen molar-refractivity contribution < 1.29 is 4.21 Å². The predicted octanol–water partition coefficient (Wildman–Crippen LogP) is 2.99. The minimum absolute atomic E-state index is 0.823. The summed E-state index contributed by atoms with van der Waals surface area (Å²) in [5, 5.41) is 2.30. The van der Waals surface area contributed by atoms with Crippen molar-refractivity contribution in [2.45, 2.75) is 4.90 Å². The van der Waals surface area contributed by atoms with Crippen LogP contribution in [0.25, 0.3) is 16.8 Å². The molecule has 2 nitrogen and oxygen atoms in total. The maximum Gasteiger partial charge on any atom is 0.150 e. The van der Waals surface area contributed by atoms with Crippen LogP contribution in [0, 0.1) is 0 Å². The Kier molecular flexibility index (Phi) is 2.53. The quantitative estimate of drug-likeness (QED) is 0.754. The van der Waals surface area contributed by atoms with Crippen molar-refractivity contribution in [1.29, 1.82) is 0 Å². The first kappa shape index (κ1) is 10.3. The Morgan fingerprint density at radius 1 is 1.00 bits per heavy atom. The highest BCUT2D eigenvalue weighted by Gasteiger charge is 2.10. The first-order chi connectivity index (χ1) is 8.36. The third-order valence-electron chi connectivity index (χ3n) is 2.78. The van der Waals surface area contributed by atoms with Gasteiger partial charge >= 0.3 is 0 Å². The molecule has 0 saturated carbocycles. The van der Waals surface area contributed by atoms with Crippen LogP contribution in [0.3, 0.4) is 0 Å². The summed E-state index contributed by atoms with van der Waals surface area (Å²) in [6.07, 6.45) is 7.51. The summed E-state index contributed by atoms with van der Waals surface area (Å²) < 4.78 is 14.9. The van der Waals surface area contributed by atoms with Crippen LogP contribution in [0.2, 0.25) is 0 Å². The number of allylic oxidation sites excluding steroid dienone is 2. The van der Waals surface area contributed by atoms with Crippen molar-refractivity contribution in [3.63, 3.8) is 0 Å². The summed E-state index contributed by atoms with van der Waals surface area (Å²) in [4.78, 5) is 0.823. The molecule has 0 aromatic heterocycles. The van der Waals surface area contributed by atoms with E-state index in [-0.39, 0.29) is 0 Å². The zero-order chi connectivity index (χ0) is 11.7.